The summed E-state index contributed by atoms with van der Waals surface area (Å²) in [5, 5.41) is 6.70. The van der Waals surface area contributed by atoms with Crippen molar-refractivity contribution >= 4 is 18.3 Å². The molecular weight excluding hydrogens is 266 g/mol. The van der Waals surface area contributed by atoms with E-state index in [9.17, 15) is 4.79 Å². The number of hydrogen-bond acceptors (Lipinski definition) is 4. The molecule has 1 heterocycles. The van der Waals surface area contributed by atoms with E-state index in [1.807, 2.05) is 0 Å². The maximum atomic E-state index is 12.0. The van der Waals surface area contributed by atoms with E-state index in [2.05, 4.69) is 10.5 Å². The fraction of sp³-hybridized carbons (Fsp3) is 0.692. The van der Waals surface area contributed by atoms with Crippen molar-refractivity contribution < 1.29 is 9.32 Å². The Bertz CT molecular complexity index is 402. The number of carbonyl (C=O) groups excluding carboxylic acids is 1. The summed E-state index contributed by atoms with van der Waals surface area (Å²) in [6.07, 6.45) is 6.07. The topological polar surface area (TPSA) is 81.2 Å². The van der Waals surface area contributed by atoms with Gasteiger partial charge in [0, 0.05) is 18.7 Å². The Balaban J connectivity index is 0.00000180. The minimum absolute atomic E-state index is 0. The molecule has 1 saturated carbocycles. The smallest absolute Gasteiger partial charge is 0.273 e. The zero-order valence-corrected chi connectivity index (χ0v) is 12.0. The van der Waals surface area contributed by atoms with Crippen molar-refractivity contribution in [3.05, 3.63) is 17.5 Å². The van der Waals surface area contributed by atoms with Crippen LogP contribution in [0.15, 0.2) is 10.6 Å². The minimum atomic E-state index is -0.187. The molecule has 5 nitrogen and oxygen atoms in total. The van der Waals surface area contributed by atoms with Gasteiger partial charge < -0.3 is 15.6 Å². The van der Waals surface area contributed by atoms with Crippen LogP contribution in [-0.2, 0) is 0 Å². The molecule has 0 aromatic carbocycles. The van der Waals surface area contributed by atoms with Crippen LogP contribution in [0, 0.1) is 12.8 Å². The zero-order chi connectivity index (χ0) is 13.0. The first-order chi connectivity index (χ1) is 8.70. The van der Waals surface area contributed by atoms with Crippen molar-refractivity contribution in [2.75, 3.05) is 6.54 Å². The van der Waals surface area contributed by atoms with Crippen molar-refractivity contribution in [2.45, 2.75) is 45.1 Å². The highest BCUT2D eigenvalue weighted by Crippen LogP contribution is 2.26. The minimum Gasteiger partial charge on any atom is -0.361 e. The van der Waals surface area contributed by atoms with Crippen molar-refractivity contribution in [3.8, 4) is 0 Å². The molecule has 0 spiro atoms. The monoisotopic (exact) mass is 287 g/mol. The Morgan fingerprint density at radius 2 is 2.21 bits per heavy atom. The first-order valence-electron chi connectivity index (χ1n) is 6.65. The predicted molar refractivity (Wildman–Crippen MR) is 75.4 cm³/mol. The van der Waals surface area contributed by atoms with Crippen LogP contribution in [-0.4, -0.2) is 23.7 Å². The molecule has 1 aliphatic rings. The number of carbonyl (C=O) groups is 1. The van der Waals surface area contributed by atoms with Crippen LogP contribution in [0.25, 0.3) is 0 Å². The second-order valence-electron chi connectivity index (χ2n) is 5.04. The molecule has 2 rings (SSSR count). The van der Waals surface area contributed by atoms with Crippen LogP contribution >= 0.6 is 12.4 Å². The van der Waals surface area contributed by atoms with Gasteiger partial charge in [-0.3, -0.25) is 4.79 Å². The summed E-state index contributed by atoms with van der Waals surface area (Å²) in [6, 6.07) is 1.69. The number of nitrogens with two attached hydrogens (primary N) is 1. The second kappa shape index (κ2) is 7.50. The predicted octanol–water partition coefficient (Wildman–Crippen LogP) is 2.04. The number of hydrogen-bond donors (Lipinski definition) is 2. The second-order valence-corrected chi connectivity index (χ2v) is 5.04. The lowest BCUT2D eigenvalue weighted by Crippen LogP contribution is -2.46. The molecule has 1 aromatic heterocycles. The van der Waals surface area contributed by atoms with Gasteiger partial charge in [-0.05, 0) is 25.7 Å². The zero-order valence-electron chi connectivity index (χ0n) is 11.2. The molecule has 1 fully saturated rings. The summed E-state index contributed by atoms with van der Waals surface area (Å²) in [5.41, 5.74) is 6.11. The average molecular weight is 288 g/mol. The lowest BCUT2D eigenvalue weighted by Gasteiger charge is -2.29. The lowest BCUT2D eigenvalue weighted by molar-refractivity contribution is 0.0906. The molecule has 1 aliphatic carbocycles. The summed E-state index contributed by atoms with van der Waals surface area (Å²) in [5.74, 6) is 0.954. The molecule has 1 aromatic rings. The van der Waals surface area contributed by atoms with E-state index in [1.165, 1.54) is 19.3 Å². The highest BCUT2D eigenvalue weighted by atomic mass is 35.5. The number of nitrogens with one attached hydrogen (secondary N) is 1. The van der Waals surface area contributed by atoms with Crippen LogP contribution in [0.3, 0.4) is 0 Å². The van der Waals surface area contributed by atoms with E-state index in [1.54, 1.807) is 13.0 Å². The SMILES string of the molecule is Cc1cc(C(=O)NC(CN)C2CCCCC2)no1.Cl. The molecule has 0 bridgehead atoms. The number of halogens is 1. The largest absolute Gasteiger partial charge is 0.361 e. The van der Waals surface area contributed by atoms with Crippen molar-refractivity contribution in [1.82, 2.24) is 10.5 Å². The molecule has 0 saturated heterocycles. The number of amides is 1. The van der Waals surface area contributed by atoms with Crippen LogP contribution in [0.2, 0.25) is 0 Å². The number of aryl methyl sites for hydroxylation is 1. The summed E-state index contributed by atoms with van der Waals surface area (Å²) in [6.45, 7) is 2.25. The van der Waals surface area contributed by atoms with Crippen molar-refractivity contribution in [1.29, 1.82) is 0 Å². The van der Waals surface area contributed by atoms with Crippen LogP contribution in [0.1, 0.15) is 48.4 Å². The highest BCUT2D eigenvalue weighted by Gasteiger charge is 2.25. The molecule has 3 N–H and O–H groups in total. The first-order valence-corrected chi connectivity index (χ1v) is 6.65. The molecule has 6 heteroatoms. The van der Waals surface area contributed by atoms with Gasteiger partial charge in [-0.2, -0.15) is 0 Å². The van der Waals surface area contributed by atoms with Gasteiger partial charge in [0.05, 0.1) is 0 Å². The van der Waals surface area contributed by atoms with Gasteiger partial charge in [-0.15, -0.1) is 12.4 Å². The van der Waals surface area contributed by atoms with Gasteiger partial charge in [0.2, 0.25) is 0 Å². The number of aromatic nitrogens is 1. The van der Waals surface area contributed by atoms with E-state index in [0.29, 0.717) is 23.9 Å². The molecule has 1 unspecified atom stereocenters. The normalized spacial score (nSPS) is 17.6. The summed E-state index contributed by atoms with van der Waals surface area (Å²) in [7, 11) is 0. The van der Waals surface area contributed by atoms with E-state index in [-0.39, 0.29) is 24.4 Å². The Morgan fingerprint density at radius 3 is 2.74 bits per heavy atom. The van der Waals surface area contributed by atoms with Gasteiger partial charge in [-0.1, -0.05) is 24.4 Å². The van der Waals surface area contributed by atoms with Gasteiger partial charge >= 0.3 is 0 Å². The molecule has 0 aliphatic heterocycles. The van der Waals surface area contributed by atoms with E-state index >= 15 is 0 Å². The quantitative estimate of drug-likeness (QED) is 0.888. The fourth-order valence-corrected chi connectivity index (χ4v) is 2.62. The summed E-state index contributed by atoms with van der Waals surface area (Å²) >= 11 is 0. The first kappa shape index (κ1) is 16.0. The lowest BCUT2D eigenvalue weighted by atomic mass is 9.84. The maximum Gasteiger partial charge on any atom is 0.273 e. The maximum absolute atomic E-state index is 12.0. The van der Waals surface area contributed by atoms with Crippen LogP contribution in [0.5, 0.6) is 0 Å². The van der Waals surface area contributed by atoms with Crippen molar-refractivity contribution in [2.24, 2.45) is 11.7 Å². The van der Waals surface area contributed by atoms with Crippen LogP contribution < -0.4 is 11.1 Å². The van der Waals surface area contributed by atoms with Gasteiger partial charge in [-0.25, -0.2) is 0 Å². The Morgan fingerprint density at radius 1 is 1.53 bits per heavy atom. The van der Waals surface area contributed by atoms with Crippen molar-refractivity contribution in [3.63, 3.8) is 0 Å². The van der Waals surface area contributed by atoms with E-state index in [0.717, 1.165) is 12.8 Å². The van der Waals surface area contributed by atoms with Gasteiger partial charge in [0.15, 0.2) is 5.69 Å². The van der Waals surface area contributed by atoms with Gasteiger partial charge in [0.25, 0.3) is 5.91 Å². The molecule has 1 amide bonds. The average Bonchev–Trinajstić information content (AvgIpc) is 2.83. The third-order valence-electron chi connectivity index (χ3n) is 3.65. The Kier molecular flexibility index (Phi) is 6.31. The Labute approximate surface area is 119 Å². The number of nitrogens with zero attached hydrogens (tertiary/aromatic N) is 1. The third kappa shape index (κ3) is 4.21. The molecule has 0 radical (unpaired) electrons. The molecule has 1 atom stereocenters. The third-order valence-corrected chi connectivity index (χ3v) is 3.65. The Hall–Kier alpha value is -1.07. The summed E-state index contributed by atoms with van der Waals surface area (Å²) in [4.78, 5) is 12.0. The molecule has 108 valence electrons. The standard InChI is InChI=1S/C13H21N3O2.ClH/c1-9-7-11(16-18-9)13(17)15-12(8-14)10-5-3-2-4-6-10;/h7,10,12H,2-6,8,14H2,1H3,(H,15,17);1H. The number of rotatable bonds is 4. The molecular formula is C13H22ClN3O2. The molecule has 19 heavy (non-hydrogen) atoms. The van der Waals surface area contributed by atoms with Gasteiger partial charge in [0.1, 0.15) is 5.76 Å². The highest BCUT2D eigenvalue weighted by molar-refractivity contribution is 5.92. The van der Waals surface area contributed by atoms with E-state index in [4.69, 9.17) is 10.3 Å². The summed E-state index contributed by atoms with van der Waals surface area (Å²) < 4.78 is 4.90. The van der Waals surface area contributed by atoms with Crippen LogP contribution in [0.4, 0.5) is 0 Å². The van der Waals surface area contributed by atoms with E-state index < -0.39 is 0 Å². The fourth-order valence-electron chi connectivity index (χ4n) is 2.62.